The van der Waals surface area contributed by atoms with Crippen molar-refractivity contribution in [2.24, 2.45) is 0 Å². The van der Waals surface area contributed by atoms with Crippen LogP contribution in [0.5, 0.6) is 0 Å². The number of aryl methyl sites for hydroxylation is 1. The Kier molecular flexibility index (Phi) is 5.26. The topological polar surface area (TPSA) is 95.7 Å². The van der Waals surface area contributed by atoms with Crippen molar-refractivity contribution in [3.63, 3.8) is 0 Å². The van der Waals surface area contributed by atoms with Crippen molar-refractivity contribution in [1.29, 1.82) is 0 Å². The monoisotopic (exact) mass is 329 g/mol. The first-order valence-corrected chi connectivity index (χ1v) is 7.01. The number of nitrogens with zero attached hydrogens (tertiary/aromatic N) is 1. The third-order valence-electron chi connectivity index (χ3n) is 3.28. The lowest BCUT2D eigenvalue weighted by molar-refractivity contribution is -0.384. The first-order valence-electron chi connectivity index (χ1n) is 7.01. The number of carbonyl (C=O) groups excluding carboxylic acids is 2. The first-order chi connectivity index (χ1) is 11.4. The van der Waals surface area contributed by atoms with Crippen molar-refractivity contribution in [2.75, 3.05) is 7.11 Å². The molecule has 2 aromatic carbocycles. The van der Waals surface area contributed by atoms with Gasteiger partial charge in [-0.15, -0.1) is 0 Å². The molecule has 0 heterocycles. The van der Waals surface area contributed by atoms with Crippen LogP contribution < -0.4 is 0 Å². The third-order valence-corrected chi connectivity index (χ3v) is 3.28. The van der Waals surface area contributed by atoms with Crippen LogP contribution in [0.1, 0.15) is 31.8 Å². The minimum Gasteiger partial charge on any atom is -0.465 e. The zero-order chi connectivity index (χ0) is 17.7. The summed E-state index contributed by atoms with van der Waals surface area (Å²) in [4.78, 5) is 34.0. The number of non-ortho nitro benzene ring substituents is 1. The SMILES string of the molecule is COC(=O)c1cc(C(=O)OCc2ccc(C)cc2)cc([N+](=O)[O-])c1. The zero-order valence-corrected chi connectivity index (χ0v) is 13.1. The van der Waals surface area contributed by atoms with E-state index in [1.54, 1.807) is 0 Å². The molecule has 0 unspecified atom stereocenters. The maximum absolute atomic E-state index is 12.1. The van der Waals surface area contributed by atoms with Crippen LogP contribution in [0.15, 0.2) is 42.5 Å². The van der Waals surface area contributed by atoms with Gasteiger partial charge in [0.05, 0.1) is 23.2 Å². The lowest BCUT2D eigenvalue weighted by Gasteiger charge is -2.07. The molecule has 2 aromatic rings. The van der Waals surface area contributed by atoms with E-state index in [0.717, 1.165) is 30.4 Å². The summed E-state index contributed by atoms with van der Waals surface area (Å²) in [5, 5.41) is 11.0. The van der Waals surface area contributed by atoms with Gasteiger partial charge in [-0.05, 0) is 18.6 Å². The van der Waals surface area contributed by atoms with E-state index in [1.165, 1.54) is 6.07 Å². The highest BCUT2D eigenvalue weighted by atomic mass is 16.6. The normalized spacial score (nSPS) is 10.1. The molecule has 0 radical (unpaired) electrons. The number of hydrogen-bond donors (Lipinski definition) is 0. The molecule has 7 heteroatoms. The van der Waals surface area contributed by atoms with E-state index in [2.05, 4.69) is 4.74 Å². The van der Waals surface area contributed by atoms with Gasteiger partial charge in [0.25, 0.3) is 5.69 Å². The molecular formula is C17H15NO6. The minimum absolute atomic E-state index is 0.0232. The van der Waals surface area contributed by atoms with E-state index in [1.807, 2.05) is 31.2 Å². The average molecular weight is 329 g/mol. The summed E-state index contributed by atoms with van der Waals surface area (Å²) >= 11 is 0. The first kappa shape index (κ1) is 17.1. The van der Waals surface area contributed by atoms with Crippen LogP contribution in [0.25, 0.3) is 0 Å². The van der Waals surface area contributed by atoms with Crippen molar-refractivity contribution in [1.82, 2.24) is 0 Å². The van der Waals surface area contributed by atoms with Crippen molar-refractivity contribution < 1.29 is 24.0 Å². The Labute approximate surface area is 138 Å². The Morgan fingerprint density at radius 1 is 1.04 bits per heavy atom. The van der Waals surface area contributed by atoms with E-state index in [9.17, 15) is 19.7 Å². The molecule has 0 aliphatic rings. The van der Waals surface area contributed by atoms with Gasteiger partial charge < -0.3 is 9.47 Å². The van der Waals surface area contributed by atoms with Gasteiger partial charge in [0.1, 0.15) is 6.61 Å². The number of hydrogen-bond acceptors (Lipinski definition) is 6. The molecular weight excluding hydrogens is 314 g/mol. The molecule has 0 spiro atoms. The smallest absolute Gasteiger partial charge is 0.338 e. The number of nitro groups is 1. The average Bonchev–Trinajstić information content (AvgIpc) is 2.59. The molecule has 0 bridgehead atoms. The van der Waals surface area contributed by atoms with Crippen molar-refractivity contribution in [3.8, 4) is 0 Å². The summed E-state index contributed by atoms with van der Waals surface area (Å²) in [7, 11) is 1.15. The number of esters is 2. The van der Waals surface area contributed by atoms with Gasteiger partial charge in [0, 0.05) is 12.1 Å². The molecule has 2 rings (SSSR count). The van der Waals surface area contributed by atoms with E-state index < -0.39 is 16.9 Å². The summed E-state index contributed by atoms with van der Waals surface area (Å²) in [6.45, 7) is 1.96. The van der Waals surface area contributed by atoms with Crippen LogP contribution in [-0.2, 0) is 16.1 Å². The molecule has 24 heavy (non-hydrogen) atoms. The van der Waals surface area contributed by atoms with Crippen molar-refractivity contribution >= 4 is 17.6 Å². The van der Waals surface area contributed by atoms with Gasteiger partial charge in [-0.2, -0.15) is 0 Å². The van der Waals surface area contributed by atoms with Crippen LogP contribution in [0.3, 0.4) is 0 Å². The highest BCUT2D eigenvalue weighted by Crippen LogP contribution is 2.19. The summed E-state index contributed by atoms with van der Waals surface area (Å²) in [6, 6.07) is 10.7. The molecule has 0 fully saturated rings. The van der Waals surface area contributed by atoms with E-state index in [-0.39, 0.29) is 23.4 Å². The predicted molar refractivity (Wildman–Crippen MR) is 84.7 cm³/mol. The number of benzene rings is 2. The van der Waals surface area contributed by atoms with Crippen LogP contribution in [0.4, 0.5) is 5.69 Å². The standard InChI is InChI=1S/C17H15NO6/c1-11-3-5-12(6-4-11)10-24-17(20)14-7-13(16(19)23-2)8-15(9-14)18(21)22/h3-9H,10H2,1-2H3. The van der Waals surface area contributed by atoms with Gasteiger partial charge in [-0.3, -0.25) is 10.1 Å². The Bertz CT molecular complexity index is 782. The number of methoxy groups -OCH3 is 1. The second kappa shape index (κ2) is 7.36. The third kappa shape index (κ3) is 4.16. The van der Waals surface area contributed by atoms with Crippen LogP contribution >= 0.6 is 0 Å². The number of carbonyl (C=O) groups is 2. The number of nitro benzene ring substituents is 1. The van der Waals surface area contributed by atoms with Gasteiger partial charge in [0.2, 0.25) is 0 Å². The molecule has 124 valence electrons. The van der Waals surface area contributed by atoms with Gasteiger partial charge >= 0.3 is 11.9 Å². The van der Waals surface area contributed by atoms with Gasteiger partial charge in [0.15, 0.2) is 0 Å². The quantitative estimate of drug-likeness (QED) is 0.475. The Hall–Kier alpha value is -3.22. The van der Waals surface area contributed by atoms with Crippen LogP contribution in [0.2, 0.25) is 0 Å². The van der Waals surface area contributed by atoms with Crippen molar-refractivity contribution in [3.05, 3.63) is 74.8 Å². The van der Waals surface area contributed by atoms with Crippen LogP contribution in [-0.4, -0.2) is 24.0 Å². The second-order valence-corrected chi connectivity index (χ2v) is 5.08. The van der Waals surface area contributed by atoms with E-state index >= 15 is 0 Å². The second-order valence-electron chi connectivity index (χ2n) is 5.08. The van der Waals surface area contributed by atoms with E-state index in [4.69, 9.17) is 4.74 Å². The predicted octanol–water partition coefficient (Wildman–Crippen LogP) is 3.05. The number of rotatable bonds is 5. The molecule has 0 N–H and O–H groups in total. The lowest BCUT2D eigenvalue weighted by atomic mass is 10.1. The molecule has 0 saturated heterocycles. The fraction of sp³-hybridized carbons (Fsp3) is 0.176. The van der Waals surface area contributed by atoms with Gasteiger partial charge in [-0.1, -0.05) is 29.8 Å². The Morgan fingerprint density at radius 3 is 2.17 bits per heavy atom. The Balaban J connectivity index is 2.21. The molecule has 0 atom stereocenters. The van der Waals surface area contributed by atoms with Crippen LogP contribution in [0, 0.1) is 17.0 Å². The molecule has 0 aliphatic heterocycles. The van der Waals surface area contributed by atoms with Crippen molar-refractivity contribution in [2.45, 2.75) is 13.5 Å². The molecule has 0 aliphatic carbocycles. The summed E-state index contributed by atoms with van der Waals surface area (Å²) in [5.41, 5.74) is 1.30. The molecule has 0 aromatic heterocycles. The summed E-state index contributed by atoms with van der Waals surface area (Å²) < 4.78 is 9.68. The number of ether oxygens (including phenoxy) is 2. The molecule has 0 amide bonds. The largest absolute Gasteiger partial charge is 0.465 e. The fourth-order valence-electron chi connectivity index (χ4n) is 1.99. The van der Waals surface area contributed by atoms with Gasteiger partial charge in [-0.25, -0.2) is 9.59 Å². The molecule has 7 nitrogen and oxygen atoms in total. The minimum atomic E-state index is -0.772. The Morgan fingerprint density at radius 2 is 1.62 bits per heavy atom. The maximum atomic E-state index is 12.1. The fourth-order valence-corrected chi connectivity index (χ4v) is 1.99. The zero-order valence-electron chi connectivity index (χ0n) is 13.1. The lowest BCUT2D eigenvalue weighted by Crippen LogP contribution is -2.09. The highest BCUT2D eigenvalue weighted by Gasteiger charge is 2.19. The van der Waals surface area contributed by atoms with E-state index in [0.29, 0.717) is 0 Å². The summed E-state index contributed by atoms with van der Waals surface area (Å²) in [5.74, 6) is -1.53. The molecule has 0 saturated carbocycles. The maximum Gasteiger partial charge on any atom is 0.338 e. The highest BCUT2D eigenvalue weighted by molar-refractivity contribution is 5.96. The summed E-state index contributed by atoms with van der Waals surface area (Å²) in [6.07, 6.45) is 0.